The van der Waals surface area contributed by atoms with Gasteiger partial charge in [-0.2, -0.15) is 0 Å². The van der Waals surface area contributed by atoms with Gasteiger partial charge in [0, 0.05) is 6.42 Å². The second-order valence-corrected chi connectivity index (χ2v) is 5.51. The lowest BCUT2D eigenvalue weighted by Gasteiger charge is -2.09. The van der Waals surface area contributed by atoms with Gasteiger partial charge in [-0.1, -0.05) is 58.3 Å². The van der Waals surface area contributed by atoms with Crippen LogP contribution in [0.2, 0.25) is 0 Å². The Hall–Kier alpha value is -0.410. The third-order valence-corrected chi connectivity index (χ3v) is 3.56. The zero-order valence-corrected chi connectivity index (χ0v) is 12.6. The SMILES string of the molecule is CCCCCCCCCC(O)CCCCC(=O)CO. The Morgan fingerprint density at radius 1 is 0.895 bits per heavy atom. The van der Waals surface area contributed by atoms with E-state index in [4.69, 9.17) is 5.11 Å². The first kappa shape index (κ1) is 18.6. The van der Waals surface area contributed by atoms with Gasteiger partial charge in [-0.15, -0.1) is 0 Å². The van der Waals surface area contributed by atoms with Gasteiger partial charge in [0.25, 0.3) is 0 Å². The summed E-state index contributed by atoms with van der Waals surface area (Å²) in [6, 6.07) is 0. The lowest BCUT2D eigenvalue weighted by Crippen LogP contribution is -2.07. The van der Waals surface area contributed by atoms with Gasteiger partial charge < -0.3 is 10.2 Å². The molecule has 0 aliphatic heterocycles. The summed E-state index contributed by atoms with van der Waals surface area (Å²) in [4.78, 5) is 10.9. The van der Waals surface area contributed by atoms with E-state index in [9.17, 15) is 9.90 Å². The summed E-state index contributed by atoms with van der Waals surface area (Å²) in [5, 5.41) is 18.3. The lowest BCUT2D eigenvalue weighted by molar-refractivity contribution is -0.121. The van der Waals surface area contributed by atoms with E-state index in [1.165, 1.54) is 38.5 Å². The first-order valence-electron chi connectivity index (χ1n) is 8.01. The maximum atomic E-state index is 10.9. The second-order valence-electron chi connectivity index (χ2n) is 5.51. The minimum Gasteiger partial charge on any atom is -0.393 e. The largest absolute Gasteiger partial charge is 0.393 e. The van der Waals surface area contributed by atoms with E-state index in [1.807, 2.05) is 0 Å². The average Bonchev–Trinajstić information content (AvgIpc) is 2.42. The van der Waals surface area contributed by atoms with E-state index in [-0.39, 0.29) is 18.5 Å². The zero-order chi connectivity index (χ0) is 14.3. The molecule has 0 radical (unpaired) electrons. The number of hydrogen-bond donors (Lipinski definition) is 2. The third-order valence-electron chi connectivity index (χ3n) is 3.56. The van der Waals surface area contributed by atoms with Gasteiger partial charge in [0.2, 0.25) is 0 Å². The van der Waals surface area contributed by atoms with Crippen molar-refractivity contribution in [1.29, 1.82) is 0 Å². The van der Waals surface area contributed by atoms with Gasteiger partial charge in [0.15, 0.2) is 5.78 Å². The van der Waals surface area contributed by atoms with Crippen LogP contribution < -0.4 is 0 Å². The van der Waals surface area contributed by atoms with E-state index >= 15 is 0 Å². The van der Waals surface area contributed by atoms with Crippen LogP contribution >= 0.6 is 0 Å². The van der Waals surface area contributed by atoms with Crippen LogP contribution in [0.15, 0.2) is 0 Å². The Kier molecular flexibility index (Phi) is 13.7. The Bertz CT molecular complexity index is 204. The molecule has 0 amide bonds. The summed E-state index contributed by atoms with van der Waals surface area (Å²) in [5.41, 5.74) is 0. The van der Waals surface area contributed by atoms with Gasteiger partial charge in [0.05, 0.1) is 6.10 Å². The normalized spacial score (nSPS) is 12.6. The van der Waals surface area contributed by atoms with Crippen LogP contribution in [-0.4, -0.2) is 28.7 Å². The fourth-order valence-electron chi connectivity index (χ4n) is 2.26. The molecule has 0 heterocycles. The summed E-state index contributed by atoms with van der Waals surface area (Å²) < 4.78 is 0. The van der Waals surface area contributed by atoms with Crippen LogP contribution in [-0.2, 0) is 4.79 Å². The van der Waals surface area contributed by atoms with Gasteiger partial charge in [-0.25, -0.2) is 0 Å². The zero-order valence-electron chi connectivity index (χ0n) is 12.6. The van der Waals surface area contributed by atoms with E-state index < -0.39 is 0 Å². The van der Waals surface area contributed by atoms with Crippen molar-refractivity contribution in [3.63, 3.8) is 0 Å². The van der Waals surface area contributed by atoms with Gasteiger partial charge >= 0.3 is 0 Å². The molecule has 2 N–H and O–H groups in total. The summed E-state index contributed by atoms with van der Waals surface area (Å²) in [7, 11) is 0. The van der Waals surface area contributed by atoms with Crippen molar-refractivity contribution in [2.24, 2.45) is 0 Å². The predicted octanol–water partition coefficient (Wildman–Crippen LogP) is 3.61. The lowest BCUT2D eigenvalue weighted by atomic mass is 10.0. The molecule has 19 heavy (non-hydrogen) atoms. The third kappa shape index (κ3) is 13.8. The standard InChI is InChI=1S/C16H32O3/c1-2-3-4-5-6-7-8-11-15(18)12-9-10-13-16(19)14-17/h15,17-18H,2-14H2,1H3. The van der Waals surface area contributed by atoms with Crippen molar-refractivity contribution < 1.29 is 15.0 Å². The van der Waals surface area contributed by atoms with Crippen molar-refractivity contribution >= 4 is 5.78 Å². The van der Waals surface area contributed by atoms with Crippen LogP contribution in [0, 0.1) is 0 Å². The minimum absolute atomic E-state index is 0.0958. The number of hydrogen-bond acceptors (Lipinski definition) is 3. The summed E-state index contributed by atoms with van der Waals surface area (Å²) in [5.74, 6) is -0.0958. The molecule has 0 aromatic carbocycles. The van der Waals surface area contributed by atoms with E-state index in [1.54, 1.807) is 0 Å². The van der Waals surface area contributed by atoms with Gasteiger partial charge in [-0.3, -0.25) is 4.79 Å². The fraction of sp³-hybridized carbons (Fsp3) is 0.938. The minimum atomic E-state index is -0.347. The van der Waals surface area contributed by atoms with Crippen molar-refractivity contribution in [2.45, 2.75) is 90.1 Å². The van der Waals surface area contributed by atoms with E-state index in [0.29, 0.717) is 6.42 Å². The van der Waals surface area contributed by atoms with Crippen LogP contribution in [0.5, 0.6) is 0 Å². The topological polar surface area (TPSA) is 57.5 Å². The first-order chi connectivity index (χ1) is 9.20. The monoisotopic (exact) mass is 272 g/mol. The Morgan fingerprint density at radius 2 is 1.42 bits per heavy atom. The number of ketones is 1. The van der Waals surface area contributed by atoms with Crippen molar-refractivity contribution in [2.75, 3.05) is 6.61 Å². The molecule has 3 heteroatoms. The van der Waals surface area contributed by atoms with Gasteiger partial charge in [0.1, 0.15) is 6.61 Å². The molecule has 0 aromatic heterocycles. The Morgan fingerprint density at radius 3 is 2.00 bits per heavy atom. The van der Waals surface area contributed by atoms with E-state index in [0.717, 1.165) is 32.1 Å². The predicted molar refractivity (Wildman–Crippen MR) is 79.2 cm³/mol. The first-order valence-corrected chi connectivity index (χ1v) is 8.01. The molecule has 0 aromatic rings. The van der Waals surface area contributed by atoms with E-state index in [2.05, 4.69) is 6.92 Å². The molecule has 0 saturated carbocycles. The quantitative estimate of drug-likeness (QED) is 0.475. The summed E-state index contributed by atoms with van der Waals surface area (Å²) in [6.07, 6.45) is 12.5. The van der Waals surface area contributed by atoms with Crippen molar-refractivity contribution in [3.8, 4) is 0 Å². The highest BCUT2D eigenvalue weighted by Crippen LogP contribution is 2.13. The maximum Gasteiger partial charge on any atom is 0.158 e. The smallest absolute Gasteiger partial charge is 0.158 e. The van der Waals surface area contributed by atoms with Gasteiger partial charge in [-0.05, 0) is 19.3 Å². The maximum absolute atomic E-state index is 10.9. The average molecular weight is 272 g/mol. The number of carbonyl (C=O) groups excluding carboxylic acids is 1. The Balaban J connectivity index is 3.21. The molecule has 0 saturated heterocycles. The molecule has 1 unspecified atom stereocenters. The molecular weight excluding hydrogens is 240 g/mol. The van der Waals surface area contributed by atoms with Crippen LogP contribution in [0.4, 0.5) is 0 Å². The molecule has 114 valence electrons. The van der Waals surface area contributed by atoms with Crippen LogP contribution in [0.25, 0.3) is 0 Å². The molecule has 0 spiro atoms. The fourth-order valence-corrected chi connectivity index (χ4v) is 2.26. The molecular formula is C16H32O3. The molecule has 3 nitrogen and oxygen atoms in total. The number of aliphatic hydroxyl groups excluding tert-OH is 2. The molecule has 1 atom stereocenters. The molecule has 0 rings (SSSR count). The van der Waals surface area contributed by atoms with Crippen molar-refractivity contribution in [3.05, 3.63) is 0 Å². The highest BCUT2D eigenvalue weighted by Gasteiger charge is 2.05. The molecule has 0 aliphatic rings. The highest BCUT2D eigenvalue weighted by molar-refractivity contribution is 5.79. The summed E-state index contributed by atoms with van der Waals surface area (Å²) >= 11 is 0. The number of Topliss-reactive ketones (excluding diaryl/α,β-unsaturated/α-hetero) is 1. The number of unbranched alkanes of at least 4 members (excludes halogenated alkanes) is 7. The number of aliphatic hydroxyl groups is 2. The summed E-state index contributed by atoms with van der Waals surface area (Å²) in [6.45, 7) is 1.88. The Labute approximate surface area is 118 Å². The van der Waals surface area contributed by atoms with Crippen LogP contribution in [0.1, 0.15) is 84.0 Å². The molecule has 0 aliphatic carbocycles. The molecule has 0 bridgehead atoms. The molecule has 0 fully saturated rings. The van der Waals surface area contributed by atoms with Crippen LogP contribution in [0.3, 0.4) is 0 Å². The van der Waals surface area contributed by atoms with Crippen molar-refractivity contribution in [1.82, 2.24) is 0 Å². The second kappa shape index (κ2) is 14.0. The number of carbonyl (C=O) groups is 1. The number of rotatable bonds is 14. The highest BCUT2D eigenvalue weighted by atomic mass is 16.3.